The number of carbonyl (C=O) groups is 3. The maximum absolute atomic E-state index is 13.6. The second kappa shape index (κ2) is 7.83. The Bertz CT molecular complexity index is 548. The van der Waals surface area contributed by atoms with E-state index in [1.165, 1.54) is 12.1 Å². The number of carboxylic acids is 1. The molecular formula is C13H16FN3O4. The summed E-state index contributed by atoms with van der Waals surface area (Å²) in [6, 6.07) is 2.66. The highest BCUT2D eigenvalue weighted by atomic mass is 19.1. The maximum Gasteiger partial charge on any atom is 0.337 e. The molecule has 114 valence electrons. The van der Waals surface area contributed by atoms with Crippen molar-refractivity contribution in [2.45, 2.75) is 13.3 Å². The first-order valence-electron chi connectivity index (χ1n) is 6.29. The summed E-state index contributed by atoms with van der Waals surface area (Å²) < 4.78 is 13.6. The third-order valence-corrected chi connectivity index (χ3v) is 2.49. The van der Waals surface area contributed by atoms with Crippen molar-refractivity contribution < 1.29 is 23.9 Å². The van der Waals surface area contributed by atoms with E-state index in [4.69, 9.17) is 5.11 Å². The van der Waals surface area contributed by atoms with Crippen molar-refractivity contribution in [3.8, 4) is 0 Å². The molecule has 0 aliphatic carbocycles. The number of rotatable bonds is 6. The lowest BCUT2D eigenvalue weighted by Gasteiger charge is -2.10. The summed E-state index contributed by atoms with van der Waals surface area (Å²) >= 11 is 0. The van der Waals surface area contributed by atoms with Crippen molar-refractivity contribution in [3.05, 3.63) is 29.6 Å². The molecule has 0 spiro atoms. The second-order valence-corrected chi connectivity index (χ2v) is 4.05. The number of halogens is 1. The van der Waals surface area contributed by atoms with E-state index in [0.29, 0.717) is 6.54 Å². The molecule has 0 unspecified atom stereocenters. The average Bonchev–Trinajstić information content (AvgIpc) is 2.41. The number of nitrogens with one attached hydrogen (secondary N) is 3. The van der Waals surface area contributed by atoms with Gasteiger partial charge in [-0.3, -0.25) is 4.79 Å². The first kappa shape index (κ1) is 16.4. The van der Waals surface area contributed by atoms with Gasteiger partial charge in [0.2, 0.25) is 5.91 Å². The topological polar surface area (TPSA) is 108 Å². The summed E-state index contributed by atoms with van der Waals surface area (Å²) in [5.41, 5.74) is -0.769. The Hall–Kier alpha value is -2.64. The van der Waals surface area contributed by atoms with E-state index in [-0.39, 0.29) is 24.4 Å². The number of aromatic carboxylic acids is 1. The lowest BCUT2D eigenvalue weighted by atomic mass is 10.1. The van der Waals surface area contributed by atoms with Crippen LogP contribution < -0.4 is 16.0 Å². The van der Waals surface area contributed by atoms with Gasteiger partial charge in [-0.2, -0.15) is 0 Å². The third kappa shape index (κ3) is 5.09. The molecule has 1 aromatic rings. The largest absolute Gasteiger partial charge is 0.478 e. The summed E-state index contributed by atoms with van der Waals surface area (Å²) in [4.78, 5) is 33.7. The Morgan fingerprint density at radius 1 is 1.24 bits per heavy atom. The molecule has 0 bridgehead atoms. The summed E-state index contributed by atoms with van der Waals surface area (Å²) in [5, 5.41) is 15.9. The van der Waals surface area contributed by atoms with Crippen LogP contribution in [0.15, 0.2) is 18.2 Å². The van der Waals surface area contributed by atoms with E-state index in [0.717, 1.165) is 6.07 Å². The predicted molar refractivity (Wildman–Crippen MR) is 73.7 cm³/mol. The molecule has 0 aromatic heterocycles. The first-order valence-corrected chi connectivity index (χ1v) is 6.29. The Balaban J connectivity index is 2.59. The van der Waals surface area contributed by atoms with E-state index in [2.05, 4.69) is 16.0 Å². The fourth-order valence-electron chi connectivity index (χ4n) is 1.56. The predicted octanol–water partition coefficient (Wildman–Crippen LogP) is 1.17. The van der Waals surface area contributed by atoms with Crippen LogP contribution in [-0.2, 0) is 4.79 Å². The van der Waals surface area contributed by atoms with Gasteiger partial charge in [-0.05, 0) is 19.1 Å². The van der Waals surface area contributed by atoms with Gasteiger partial charge in [0.15, 0.2) is 0 Å². The number of para-hydroxylation sites is 1. The number of urea groups is 1. The Labute approximate surface area is 120 Å². The lowest BCUT2D eigenvalue weighted by Crippen LogP contribution is -2.33. The van der Waals surface area contributed by atoms with Crippen LogP contribution in [0.2, 0.25) is 0 Å². The Morgan fingerprint density at radius 2 is 1.95 bits per heavy atom. The van der Waals surface area contributed by atoms with E-state index in [1.54, 1.807) is 6.92 Å². The third-order valence-electron chi connectivity index (χ3n) is 2.49. The van der Waals surface area contributed by atoms with Gasteiger partial charge in [0.05, 0.1) is 11.3 Å². The van der Waals surface area contributed by atoms with Gasteiger partial charge < -0.3 is 21.1 Å². The Kier molecular flexibility index (Phi) is 6.12. The molecule has 0 aliphatic heterocycles. The molecule has 7 nitrogen and oxygen atoms in total. The number of carboxylic acid groups (broad SMARTS) is 1. The van der Waals surface area contributed by atoms with Gasteiger partial charge in [-0.15, -0.1) is 0 Å². The molecule has 0 aliphatic rings. The second-order valence-electron chi connectivity index (χ2n) is 4.05. The van der Waals surface area contributed by atoms with Gasteiger partial charge in [-0.1, -0.05) is 6.07 Å². The van der Waals surface area contributed by atoms with Gasteiger partial charge >= 0.3 is 12.0 Å². The number of amides is 3. The van der Waals surface area contributed by atoms with Crippen LogP contribution in [0.3, 0.4) is 0 Å². The van der Waals surface area contributed by atoms with Crippen molar-refractivity contribution >= 4 is 23.6 Å². The molecule has 0 heterocycles. The summed E-state index contributed by atoms with van der Waals surface area (Å²) in [5.74, 6) is -2.43. The molecule has 0 fully saturated rings. The highest BCUT2D eigenvalue weighted by Gasteiger charge is 2.16. The molecule has 4 N–H and O–H groups in total. The normalized spacial score (nSPS) is 9.81. The SMILES string of the molecule is CCNC(=O)CCNC(=O)Nc1c(F)cccc1C(=O)O. The van der Waals surface area contributed by atoms with Gasteiger partial charge in [0.1, 0.15) is 5.82 Å². The minimum absolute atomic E-state index is 0.0501. The fraction of sp³-hybridized carbons (Fsp3) is 0.308. The van der Waals surface area contributed by atoms with Gasteiger partial charge in [0.25, 0.3) is 0 Å². The molecule has 21 heavy (non-hydrogen) atoms. The fourth-order valence-corrected chi connectivity index (χ4v) is 1.56. The molecule has 1 aromatic carbocycles. The van der Waals surface area contributed by atoms with Crippen molar-refractivity contribution in [1.82, 2.24) is 10.6 Å². The number of anilines is 1. The average molecular weight is 297 g/mol. The van der Waals surface area contributed by atoms with Crippen LogP contribution in [0.4, 0.5) is 14.9 Å². The van der Waals surface area contributed by atoms with Crippen molar-refractivity contribution in [2.24, 2.45) is 0 Å². The Morgan fingerprint density at radius 3 is 2.57 bits per heavy atom. The molecule has 0 radical (unpaired) electrons. The smallest absolute Gasteiger partial charge is 0.337 e. The lowest BCUT2D eigenvalue weighted by molar-refractivity contribution is -0.120. The van der Waals surface area contributed by atoms with Crippen LogP contribution in [-0.4, -0.2) is 36.1 Å². The van der Waals surface area contributed by atoms with Crippen LogP contribution in [0.1, 0.15) is 23.7 Å². The monoisotopic (exact) mass is 297 g/mol. The molecule has 0 saturated heterocycles. The molecule has 8 heteroatoms. The van der Waals surface area contributed by atoms with Crippen LogP contribution in [0.5, 0.6) is 0 Å². The molecule has 3 amide bonds. The van der Waals surface area contributed by atoms with Crippen LogP contribution in [0.25, 0.3) is 0 Å². The van der Waals surface area contributed by atoms with Gasteiger partial charge in [-0.25, -0.2) is 14.0 Å². The summed E-state index contributed by atoms with van der Waals surface area (Å²) in [7, 11) is 0. The van der Waals surface area contributed by atoms with Crippen LogP contribution in [0, 0.1) is 5.82 Å². The number of hydrogen-bond acceptors (Lipinski definition) is 3. The molecule has 0 saturated carbocycles. The van der Waals surface area contributed by atoms with Crippen molar-refractivity contribution in [3.63, 3.8) is 0 Å². The zero-order valence-corrected chi connectivity index (χ0v) is 11.4. The van der Waals surface area contributed by atoms with Crippen molar-refractivity contribution in [2.75, 3.05) is 18.4 Å². The number of benzene rings is 1. The first-order chi connectivity index (χ1) is 9.95. The van der Waals surface area contributed by atoms with E-state index in [9.17, 15) is 18.8 Å². The quantitative estimate of drug-likeness (QED) is 0.632. The molecular weight excluding hydrogens is 281 g/mol. The minimum Gasteiger partial charge on any atom is -0.478 e. The summed E-state index contributed by atoms with van der Waals surface area (Å²) in [6.07, 6.45) is 0.0737. The molecule has 0 atom stereocenters. The standard InChI is InChI=1S/C13H16FN3O4/c1-2-15-10(18)6-7-16-13(21)17-11-8(12(19)20)4-3-5-9(11)14/h3-5H,2,6-7H2,1H3,(H,15,18)(H,19,20)(H2,16,17,21). The number of carbonyl (C=O) groups excluding carboxylic acids is 2. The zero-order chi connectivity index (χ0) is 15.8. The summed E-state index contributed by atoms with van der Waals surface area (Å²) in [6.45, 7) is 2.31. The maximum atomic E-state index is 13.6. The highest BCUT2D eigenvalue weighted by Crippen LogP contribution is 2.19. The number of hydrogen-bond donors (Lipinski definition) is 4. The molecule has 1 rings (SSSR count). The van der Waals surface area contributed by atoms with E-state index in [1.807, 2.05) is 0 Å². The highest BCUT2D eigenvalue weighted by molar-refractivity contribution is 6.00. The van der Waals surface area contributed by atoms with E-state index < -0.39 is 23.5 Å². The minimum atomic E-state index is -1.35. The zero-order valence-electron chi connectivity index (χ0n) is 11.4. The van der Waals surface area contributed by atoms with Gasteiger partial charge in [0, 0.05) is 19.5 Å². The van der Waals surface area contributed by atoms with Crippen LogP contribution >= 0.6 is 0 Å². The van der Waals surface area contributed by atoms with E-state index >= 15 is 0 Å². The van der Waals surface area contributed by atoms with Crippen molar-refractivity contribution in [1.29, 1.82) is 0 Å².